The molecule has 1 N–H and O–H groups in total. The van der Waals surface area contributed by atoms with E-state index < -0.39 is 5.97 Å². The normalized spacial score (nSPS) is 10.0. The zero-order valence-electron chi connectivity index (χ0n) is 13.1. The predicted octanol–water partition coefficient (Wildman–Crippen LogP) is 1.63. The van der Waals surface area contributed by atoms with Gasteiger partial charge in [-0.2, -0.15) is 0 Å². The highest BCUT2D eigenvalue weighted by Gasteiger charge is 2.17. The third-order valence-electron chi connectivity index (χ3n) is 2.84. The molecule has 1 aromatic carbocycles. The molecule has 1 aromatic rings. The molecule has 0 saturated carbocycles. The number of rotatable bonds is 10. The summed E-state index contributed by atoms with van der Waals surface area (Å²) in [4.78, 5) is 28.9. The minimum atomic E-state index is -0.476. The Hall–Kier alpha value is -2.38. The minimum absolute atomic E-state index is 0.0753. The molecule has 0 bridgehead atoms. The molecule has 0 fully saturated rings. The van der Waals surface area contributed by atoms with Crippen molar-refractivity contribution in [2.45, 2.75) is 13.5 Å². The lowest BCUT2D eigenvalue weighted by Gasteiger charge is -2.20. The average molecular weight is 323 g/mol. The summed E-state index contributed by atoms with van der Waals surface area (Å²) in [5.74, 6) is -0.327. The predicted molar refractivity (Wildman–Crippen MR) is 82.8 cm³/mol. The van der Waals surface area contributed by atoms with Crippen LogP contribution >= 0.6 is 0 Å². The molecule has 1 amide bonds. The Morgan fingerprint density at radius 1 is 1.30 bits per heavy atom. The van der Waals surface area contributed by atoms with Gasteiger partial charge in [0.05, 0.1) is 6.61 Å². The lowest BCUT2D eigenvalue weighted by Crippen LogP contribution is -2.39. The van der Waals surface area contributed by atoms with E-state index in [9.17, 15) is 9.59 Å². The second kappa shape index (κ2) is 10.4. The van der Waals surface area contributed by atoms with E-state index in [0.29, 0.717) is 5.75 Å². The van der Waals surface area contributed by atoms with Crippen LogP contribution in [-0.4, -0.2) is 48.3 Å². The number of esters is 1. The molecule has 0 spiro atoms. The molecule has 0 aliphatic rings. The fourth-order valence-corrected chi connectivity index (χ4v) is 1.77. The summed E-state index contributed by atoms with van der Waals surface area (Å²) < 4.78 is 10.2. The maximum Gasteiger partial charge on any atom is 0.325 e. The molecule has 0 unspecified atom stereocenters. The first kappa shape index (κ1) is 18.7. The first-order valence-corrected chi connectivity index (χ1v) is 7.13. The van der Waals surface area contributed by atoms with E-state index in [2.05, 4.69) is 11.5 Å². The second-order valence-corrected chi connectivity index (χ2v) is 4.57. The van der Waals surface area contributed by atoms with Crippen LogP contribution in [0.1, 0.15) is 12.5 Å². The van der Waals surface area contributed by atoms with Crippen molar-refractivity contribution in [3.63, 3.8) is 0 Å². The van der Waals surface area contributed by atoms with Gasteiger partial charge in [0.2, 0.25) is 0 Å². The second-order valence-electron chi connectivity index (χ2n) is 4.57. The van der Waals surface area contributed by atoms with Crippen molar-refractivity contribution < 1.29 is 29.2 Å². The van der Waals surface area contributed by atoms with Crippen LogP contribution in [0.2, 0.25) is 0 Å². The van der Waals surface area contributed by atoms with E-state index in [4.69, 9.17) is 14.7 Å². The highest BCUT2D eigenvalue weighted by atomic mass is 17.1. The van der Waals surface area contributed by atoms with E-state index in [1.165, 1.54) is 11.0 Å². The highest BCUT2D eigenvalue weighted by molar-refractivity contribution is 5.83. The van der Waals surface area contributed by atoms with Crippen LogP contribution in [-0.2, 0) is 25.8 Å². The van der Waals surface area contributed by atoms with Gasteiger partial charge in [0.15, 0.2) is 6.61 Å². The van der Waals surface area contributed by atoms with Crippen LogP contribution in [0.3, 0.4) is 0 Å². The zero-order valence-corrected chi connectivity index (χ0v) is 13.1. The van der Waals surface area contributed by atoms with Crippen molar-refractivity contribution in [2.24, 2.45) is 0 Å². The minimum Gasteiger partial charge on any atom is -0.484 e. The van der Waals surface area contributed by atoms with Gasteiger partial charge < -0.3 is 14.4 Å². The van der Waals surface area contributed by atoms with E-state index >= 15 is 0 Å². The fourth-order valence-electron chi connectivity index (χ4n) is 1.77. The van der Waals surface area contributed by atoms with E-state index in [1.807, 2.05) is 0 Å². The molecule has 0 heterocycles. The molecule has 7 nitrogen and oxygen atoms in total. The molecule has 0 aliphatic heterocycles. The molecule has 0 radical (unpaired) electrons. The van der Waals surface area contributed by atoms with Crippen molar-refractivity contribution >= 4 is 11.9 Å². The van der Waals surface area contributed by atoms with Crippen LogP contribution in [0.5, 0.6) is 5.75 Å². The van der Waals surface area contributed by atoms with E-state index in [0.717, 1.165) is 5.56 Å². The molecule has 1 rings (SSSR count). The van der Waals surface area contributed by atoms with Crippen LogP contribution < -0.4 is 4.74 Å². The van der Waals surface area contributed by atoms with Gasteiger partial charge in [-0.3, -0.25) is 14.8 Å². The van der Waals surface area contributed by atoms with Gasteiger partial charge in [0.25, 0.3) is 5.91 Å². The lowest BCUT2D eigenvalue weighted by molar-refractivity contribution is -0.253. The Morgan fingerprint density at radius 3 is 2.57 bits per heavy atom. The maximum atomic E-state index is 12.1. The van der Waals surface area contributed by atoms with Gasteiger partial charge in [-0.1, -0.05) is 18.2 Å². The average Bonchev–Trinajstić information content (AvgIpc) is 2.54. The van der Waals surface area contributed by atoms with Gasteiger partial charge in [-0.15, -0.1) is 6.58 Å². The summed E-state index contributed by atoms with van der Waals surface area (Å²) in [6.45, 7) is 5.48. The fraction of sp³-hybridized carbons (Fsp3) is 0.375. The van der Waals surface area contributed by atoms with Gasteiger partial charge in [-0.05, 0) is 24.6 Å². The molecular weight excluding hydrogens is 302 g/mol. The largest absolute Gasteiger partial charge is 0.484 e. The summed E-state index contributed by atoms with van der Waals surface area (Å²) in [5.41, 5.74) is 0.766. The quantitative estimate of drug-likeness (QED) is 0.305. The Labute approximate surface area is 135 Å². The Kier molecular flexibility index (Phi) is 8.41. The smallest absolute Gasteiger partial charge is 0.325 e. The van der Waals surface area contributed by atoms with E-state index in [1.54, 1.807) is 31.2 Å². The molecule has 23 heavy (non-hydrogen) atoms. The molecule has 0 saturated heterocycles. The number of carbonyl (C=O) groups excluding carboxylic acids is 2. The van der Waals surface area contributed by atoms with Crippen molar-refractivity contribution in [2.75, 3.05) is 26.3 Å². The first-order valence-electron chi connectivity index (χ1n) is 7.13. The van der Waals surface area contributed by atoms with Crippen LogP contribution in [0.15, 0.2) is 36.9 Å². The summed E-state index contributed by atoms with van der Waals surface area (Å²) in [6.07, 6.45) is 1.53. The van der Waals surface area contributed by atoms with Crippen molar-refractivity contribution in [1.82, 2.24) is 4.90 Å². The Morgan fingerprint density at radius 2 is 2.00 bits per heavy atom. The third-order valence-corrected chi connectivity index (χ3v) is 2.84. The Bertz CT molecular complexity index is 514. The summed E-state index contributed by atoms with van der Waals surface area (Å²) in [6, 6.07) is 6.72. The Balaban J connectivity index is 2.53. The maximum absolute atomic E-state index is 12.1. The van der Waals surface area contributed by atoms with Crippen LogP contribution in [0, 0.1) is 0 Å². The van der Waals surface area contributed by atoms with Gasteiger partial charge in [0.1, 0.15) is 18.9 Å². The third kappa shape index (κ3) is 6.94. The summed E-state index contributed by atoms with van der Waals surface area (Å²) in [5, 5.41) is 8.36. The number of benzene rings is 1. The number of ether oxygens (including phenoxy) is 2. The highest BCUT2D eigenvalue weighted by Crippen LogP contribution is 2.12. The van der Waals surface area contributed by atoms with Crippen molar-refractivity contribution in [3.05, 3.63) is 42.5 Å². The zero-order chi connectivity index (χ0) is 17.1. The molecule has 126 valence electrons. The monoisotopic (exact) mass is 323 g/mol. The number of amides is 1. The number of hydrogen-bond donors (Lipinski definition) is 1. The van der Waals surface area contributed by atoms with Gasteiger partial charge >= 0.3 is 5.97 Å². The van der Waals surface area contributed by atoms with E-state index in [-0.39, 0.29) is 38.8 Å². The van der Waals surface area contributed by atoms with Crippen molar-refractivity contribution in [3.8, 4) is 5.75 Å². The molecule has 0 aromatic heterocycles. The number of carbonyl (C=O) groups is 2. The molecule has 0 atom stereocenters. The molecule has 0 aliphatic carbocycles. The lowest BCUT2D eigenvalue weighted by atomic mass is 10.2. The first-order chi connectivity index (χ1) is 11.1. The van der Waals surface area contributed by atoms with Gasteiger partial charge in [0, 0.05) is 6.54 Å². The number of nitrogens with zero attached hydrogens (tertiary/aromatic N) is 1. The molecular formula is C16H21NO6. The topological polar surface area (TPSA) is 85.3 Å². The van der Waals surface area contributed by atoms with Crippen LogP contribution in [0.25, 0.3) is 0 Å². The van der Waals surface area contributed by atoms with Gasteiger partial charge in [-0.25, -0.2) is 4.89 Å². The molecule has 7 heteroatoms. The SMILES string of the molecule is C=CCN(CC(=O)OCC)C(=O)COc1ccc(COO)cc1. The standard InChI is InChI=1S/C16H21NO6/c1-3-9-17(10-16(19)21-4-2)15(18)12-22-14-7-5-13(6-8-14)11-23-20/h3,5-8,20H,1,4,9-12H2,2H3. The van der Waals surface area contributed by atoms with Crippen molar-refractivity contribution in [1.29, 1.82) is 0 Å². The van der Waals surface area contributed by atoms with Crippen LogP contribution in [0.4, 0.5) is 0 Å². The summed E-state index contributed by atoms with van der Waals surface area (Å²) in [7, 11) is 0. The number of hydrogen-bond acceptors (Lipinski definition) is 6. The summed E-state index contributed by atoms with van der Waals surface area (Å²) >= 11 is 0.